The van der Waals surface area contributed by atoms with Gasteiger partial charge in [0, 0.05) is 29.9 Å². The normalized spacial score (nSPS) is 17.0. The van der Waals surface area contributed by atoms with Crippen LogP contribution in [0.15, 0.2) is 41.8 Å². The summed E-state index contributed by atoms with van der Waals surface area (Å²) in [5.41, 5.74) is 0.270. The van der Waals surface area contributed by atoms with E-state index in [2.05, 4.69) is 20.2 Å². The Hall–Kier alpha value is -2.23. The number of anilines is 1. The Labute approximate surface area is 164 Å². The van der Waals surface area contributed by atoms with E-state index in [1.54, 1.807) is 35.6 Å². The molecule has 1 aliphatic rings. The molecule has 3 aromatic rings. The van der Waals surface area contributed by atoms with Gasteiger partial charge in [0.25, 0.3) is 0 Å². The zero-order chi connectivity index (χ0) is 19.6. The van der Waals surface area contributed by atoms with Crippen molar-refractivity contribution in [1.82, 2.24) is 14.9 Å². The number of para-hydroxylation sites is 1. The van der Waals surface area contributed by atoms with Gasteiger partial charge in [-0.2, -0.15) is 13.2 Å². The van der Waals surface area contributed by atoms with Crippen LogP contribution < -0.4 is 5.32 Å². The molecule has 0 amide bonds. The maximum Gasteiger partial charge on any atom is 0.451 e. The highest BCUT2D eigenvalue weighted by Crippen LogP contribution is 2.31. The lowest BCUT2D eigenvalue weighted by Gasteiger charge is -2.34. The van der Waals surface area contributed by atoms with Crippen molar-refractivity contribution in [2.24, 2.45) is 0 Å². The first kappa shape index (κ1) is 19.1. The number of aromatic nitrogens is 2. The molecule has 0 bridgehead atoms. The average molecular weight is 408 g/mol. The van der Waals surface area contributed by atoms with Crippen molar-refractivity contribution in [2.75, 3.05) is 38.2 Å². The van der Waals surface area contributed by atoms with Crippen LogP contribution in [0.4, 0.5) is 19.0 Å². The van der Waals surface area contributed by atoms with Crippen LogP contribution in [0.2, 0.25) is 0 Å². The van der Waals surface area contributed by atoms with Gasteiger partial charge in [0.15, 0.2) is 0 Å². The quantitative estimate of drug-likeness (QED) is 0.686. The number of alkyl halides is 3. The summed E-state index contributed by atoms with van der Waals surface area (Å²) in [6.07, 6.45) is -4.60. The Balaban J connectivity index is 1.64. The average Bonchev–Trinajstić information content (AvgIpc) is 3.22. The first-order valence-electron chi connectivity index (χ1n) is 8.95. The lowest BCUT2D eigenvalue weighted by Crippen LogP contribution is -2.41. The fraction of sp³-hybridized carbons (Fsp3) is 0.368. The summed E-state index contributed by atoms with van der Waals surface area (Å²) < 4.78 is 45.1. The predicted octanol–water partition coefficient (Wildman–Crippen LogP) is 4.20. The van der Waals surface area contributed by atoms with Gasteiger partial charge in [-0.1, -0.05) is 18.2 Å². The van der Waals surface area contributed by atoms with Crippen molar-refractivity contribution < 1.29 is 17.9 Å². The van der Waals surface area contributed by atoms with Gasteiger partial charge in [0.2, 0.25) is 5.82 Å². The zero-order valence-electron chi connectivity index (χ0n) is 14.9. The third-order valence-corrected chi connectivity index (χ3v) is 5.65. The minimum Gasteiger partial charge on any atom is -0.379 e. The summed E-state index contributed by atoms with van der Waals surface area (Å²) >= 11 is 1.64. The molecular weight excluding hydrogens is 389 g/mol. The maximum atomic E-state index is 13.2. The summed E-state index contributed by atoms with van der Waals surface area (Å²) in [6, 6.07) is 10.8. The van der Waals surface area contributed by atoms with Gasteiger partial charge in [0.05, 0.1) is 24.8 Å². The molecule has 5 nitrogen and oxygen atoms in total. The first-order chi connectivity index (χ1) is 13.5. The van der Waals surface area contributed by atoms with E-state index < -0.39 is 12.0 Å². The molecule has 1 fully saturated rings. The van der Waals surface area contributed by atoms with Crippen molar-refractivity contribution >= 4 is 28.1 Å². The summed E-state index contributed by atoms with van der Waals surface area (Å²) in [4.78, 5) is 10.9. The summed E-state index contributed by atoms with van der Waals surface area (Å²) in [5, 5.41) is 5.74. The van der Waals surface area contributed by atoms with E-state index in [0.29, 0.717) is 25.1 Å². The highest BCUT2D eigenvalue weighted by molar-refractivity contribution is 7.10. The lowest BCUT2D eigenvalue weighted by atomic mass is 10.1. The number of nitrogens with zero attached hydrogens (tertiary/aromatic N) is 3. The van der Waals surface area contributed by atoms with Crippen LogP contribution in [0, 0.1) is 0 Å². The first-order valence-corrected chi connectivity index (χ1v) is 9.83. The molecule has 1 aromatic carbocycles. The predicted molar refractivity (Wildman–Crippen MR) is 102 cm³/mol. The van der Waals surface area contributed by atoms with Crippen molar-refractivity contribution in [3.05, 3.63) is 52.5 Å². The molecule has 0 saturated carbocycles. The van der Waals surface area contributed by atoms with Gasteiger partial charge >= 0.3 is 6.18 Å². The largest absolute Gasteiger partial charge is 0.451 e. The number of fused-ring (bicyclic) bond motifs is 1. The number of morpholine rings is 1. The van der Waals surface area contributed by atoms with Crippen LogP contribution in [0.5, 0.6) is 0 Å². The molecule has 1 N–H and O–H groups in total. The number of rotatable bonds is 5. The second-order valence-corrected chi connectivity index (χ2v) is 7.45. The van der Waals surface area contributed by atoms with E-state index in [1.807, 2.05) is 17.5 Å². The van der Waals surface area contributed by atoms with Crippen molar-refractivity contribution in [3.63, 3.8) is 0 Å². The highest BCUT2D eigenvalue weighted by Gasteiger charge is 2.35. The van der Waals surface area contributed by atoms with Crippen LogP contribution in [0.1, 0.15) is 16.7 Å². The second-order valence-electron chi connectivity index (χ2n) is 6.47. The molecule has 0 radical (unpaired) electrons. The van der Waals surface area contributed by atoms with E-state index in [0.717, 1.165) is 18.0 Å². The Kier molecular flexibility index (Phi) is 5.47. The molecule has 1 unspecified atom stereocenters. The minimum atomic E-state index is -4.60. The highest BCUT2D eigenvalue weighted by atomic mass is 32.1. The topological polar surface area (TPSA) is 50.3 Å². The number of ether oxygens (including phenoxy) is 1. The number of nitrogens with one attached hydrogen (secondary N) is 1. The molecule has 9 heteroatoms. The monoisotopic (exact) mass is 408 g/mol. The second kappa shape index (κ2) is 8.02. The standard InChI is InChI=1S/C19H19F3N4OS/c20-19(21,22)18-24-14-5-2-1-4-13(14)17(25-18)23-12-15(16-6-3-11-28-16)26-7-9-27-10-8-26/h1-6,11,15H,7-10,12H2,(H,23,24,25). The number of benzene rings is 1. The third-order valence-electron chi connectivity index (χ3n) is 4.68. The molecule has 28 heavy (non-hydrogen) atoms. The molecule has 148 valence electrons. The molecule has 0 aliphatic carbocycles. The van der Waals surface area contributed by atoms with Crippen LogP contribution in [-0.4, -0.2) is 47.7 Å². The van der Waals surface area contributed by atoms with E-state index >= 15 is 0 Å². The lowest BCUT2D eigenvalue weighted by molar-refractivity contribution is -0.144. The molecular formula is C19H19F3N4OS. The summed E-state index contributed by atoms with van der Waals surface area (Å²) in [6.45, 7) is 3.30. The minimum absolute atomic E-state index is 0.0342. The molecule has 3 heterocycles. The van der Waals surface area contributed by atoms with Crippen molar-refractivity contribution in [1.29, 1.82) is 0 Å². The van der Waals surface area contributed by atoms with Gasteiger partial charge in [-0.25, -0.2) is 9.97 Å². The van der Waals surface area contributed by atoms with Gasteiger partial charge in [-0.05, 0) is 23.6 Å². The van der Waals surface area contributed by atoms with Crippen molar-refractivity contribution in [2.45, 2.75) is 12.2 Å². The van der Waals surface area contributed by atoms with Gasteiger partial charge in [-0.15, -0.1) is 11.3 Å². The Morgan fingerprint density at radius 3 is 2.61 bits per heavy atom. The molecule has 1 saturated heterocycles. The van der Waals surface area contributed by atoms with Crippen LogP contribution in [-0.2, 0) is 10.9 Å². The van der Waals surface area contributed by atoms with Gasteiger partial charge in [0.1, 0.15) is 5.82 Å². The summed E-state index contributed by atoms with van der Waals surface area (Å²) in [5.74, 6) is -0.930. The molecule has 4 rings (SSSR count). The number of hydrogen-bond donors (Lipinski definition) is 1. The maximum absolute atomic E-state index is 13.2. The Morgan fingerprint density at radius 1 is 1.11 bits per heavy atom. The third kappa shape index (κ3) is 4.11. The van der Waals surface area contributed by atoms with Crippen LogP contribution >= 0.6 is 11.3 Å². The Bertz CT molecular complexity index is 927. The van der Waals surface area contributed by atoms with E-state index in [4.69, 9.17) is 4.74 Å². The summed E-state index contributed by atoms with van der Waals surface area (Å²) in [7, 11) is 0. The van der Waals surface area contributed by atoms with Crippen LogP contribution in [0.25, 0.3) is 10.9 Å². The molecule has 1 atom stereocenters. The van der Waals surface area contributed by atoms with E-state index in [-0.39, 0.29) is 17.4 Å². The molecule has 1 aliphatic heterocycles. The smallest absolute Gasteiger partial charge is 0.379 e. The fourth-order valence-electron chi connectivity index (χ4n) is 3.31. The number of thiophene rings is 1. The fourth-order valence-corrected chi connectivity index (χ4v) is 4.17. The Morgan fingerprint density at radius 2 is 1.89 bits per heavy atom. The number of hydrogen-bond acceptors (Lipinski definition) is 6. The zero-order valence-corrected chi connectivity index (χ0v) is 15.8. The van der Waals surface area contributed by atoms with Gasteiger partial charge < -0.3 is 10.1 Å². The van der Waals surface area contributed by atoms with Gasteiger partial charge in [-0.3, -0.25) is 4.90 Å². The van der Waals surface area contributed by atoms with E-state index in [9.17, 15) is 13.2 Å². The van der Waals surface area contributed by atoms with E-state index in [1.165, 1.54) is 0 Å². The molecule has 0 spiro atoms. The van der Waals surface area contributed by atoms with Crippen molar-refractivity contribution in [3.8, 4) is 0 Å². The number of halogens is 3. The van der Waals surface area contributed by atoms with Crippen LogP contribution in [0.3, 0.4) is 0 Å². The SMILES string of the molecule is FC(F)(F)c1nc(NCC(c2cccs2)N2CCOCC2)c2ccccc2n1. The molecule has 2 aromatic heterocycles.